The fourth-order valence-corrected chi connectivity index (χ4v) is 3.96. The molecule has 6 heteroatoms. The normalized spacial score (nSPS) is 21.2. The Bertz CT molecular complexity index is 466. The molecule has 2 fully saturated rings. The van der Waals surface area contributed by atoms with Crippen molar-refractivity contribution in [3.8, 4) is 0 Å². The first kappa shape index (κ1) is 16.7. The lowest BCUT2D eigenvalue weighted by molar-refractivity contribution is 0.0799. The number of hydrogen-bond acceptors (Lipinski definition) is 4. The average Bonchev–Trinajstić information content (AvgIpc) is 3.08. The van der Waals surface area contributed by atoms with Crippen LogP contribution in [0, 0.1) is 5.92 Å². The maximum absolute atomic E-state index is 12.0. The Morgan fingerprint density at radius 2 is 2.04 bits per heavy atom. The maximum Gasteiger partial charge on any atom is 0.315 e. The monoisotopic (exact) mass is 337 g/mol. The molecular weight excluding hydrogens is 310 g/mol. The Morgan fingerprint density at radius 3 is 2.74 bits per heavy atom. The minimum atomic E-state index is -0.0161. The van der Waals surface area contributed by atoms with Crippen LogP contribution in [0.15, 0.2) is 16.8 Å². The molecule has 2 N–H and O–H groups in total. The highest BCUT2D eigenvalue weighted by molar-refractivity contribution is 7.07. The summed E-state index contributed by atoms with van der Waals surface area (Å²) in [7, 11) is 0. The van der Waals surface area contributed by atoms with Crippen LogP contribution in [0.4, 0.5) is 4.79 Å². The van der Waals surface area contributed by atoms with Crippen LogP contribution in [0.2, 0.25) is 0 Å². The fraction of sp³-hybridized carbons (Fsp3) is 0.706. The van der Waals surface area contributed by atoms with E-state index in [1.807, 2.05) is 0 Å². The highest BCUT2D eigenvalue weighted by Gasteiger charge is 2.21. The zero-order valence-electron chi connectivity index (χ0n) is 13.6. The number of likely N-dealkylation sites (tertiary alicyclic amines) is 1. The molecule has 0 unspecified atom stereocenters. The highest BCUT2D eigenvalue weighted by Crippen LogP contribution is 2.19. The summed E-state index contributed by atoms with van der Waals surface area (Å²) >= 11 is 1.77. The molecule has 1 aromatic rings. The van der Waals surface area contributed by atoms with Gasteiger partial charge in [-0.05, 0) is 67.1 Å². The second-order valence-corrected chi connectivity index (χ2v) is 7.37. The summed E-state index contributed by atoms with van der Waals surface area (Å²) < 4.78 is 5.31. The van der Waals surface area contributed by atoms with Gasteiger partial charge < -0.3 is 15.4 Å². The average molecular weight is 337 g/mol. The van der Waals surface area contributed by atoms with Crippen LogP contribution in [0.5, 0.6) is 0 Å². The minimum Gasteiger partial charge on any atom is -0.381 e. The number of piperidine rings is 1. The lowest BCUT2D eigenvalue weighted by atomic mass is 9.96. The van der Waals surface area contributed by atoms with Gasteiger partial charge in [0, 0.05) is 32.3 Å². The van der Waals surface area contributed by atoms with Crippen molar-refractivity contribution >= 4 is 17.4 Å². The molecule has 128 valence electrons. The van der Waals surface area contributed by atoms with Gasteiger partial charge in [0.25, 0.3) is 0 Å². The van der Waals surface area contributed by atoms with Crippen molar-refractivity contribution in [1.82, 2.24) is 15.5 Å². The number of amides is 2. The van der Waals surface area contributed by atoms with E-state index >= 15 is 0 Å². The zero-order chi connectivity index (χ0) is 15.9. The molecule has 1 aromatic heterocycles. The Balaban J connectivity index is 1.30. The molecule has 0 radical (unpaired) electrons. The van der Waals surface area contributed by atoms with Gasteiger partial charge in [0.2, 0.25) is 0 Å². The van der Waals surface area contributed by atoms with Crippen LogP contribution in [-0.4, -0.2) is 49.8 Å². The third-order valence-electron chi connectivity index (χ3n) is 4.80. The van der Waals surface area contributed by atoms with Crippen molar-refractivity contribution in [2.45, 2.75) is 38.3 Å². The van der Waals surface area contributed by atoms with Crippen molar-refractivity contribution in [2.24, 2.45) is 5.92 Å². The van der Waals surface area contributed by atoms with Gasteiger partial charge in [-0.2, -0.15) is 11.3 Å². The summed E-state index contributed by atoms with van der Waals surface area (Å²) in [5.41, 5.74) is 1.42. The Labute approximate surface area is 142 Å². The molecule has 23 heavy (non-hydrogen) atoms. The maximum atomic E-state index is 12.0. The molecule has 2 aliphatic rings. The van der Waals surface area contributed by atoms with Gasteiger partial charge in [-0.1, -0.05) is 0 Å². The van der Waals surface area contributed by atoms with Crippen molar-refractivity contribution in [1.29, 1.82) is 0 Å². The predicted octanol–water partition coefficient (Wildman–Crippen LogP) is 2.44. The van der Waals surface area contributed by atoms with Gasteiger partial charge in [0.1, 0.15) is 0 Å². The lowest BCUT2D eigenvalue weighted by Gasteiger charge is -2.32. The third kappa shape index (κ3) is 5.48. The number of carbonyl (C=O) groups excluding carboxylic acids is 1. The molecular formula is C17H27N3O2S. The fourth-order valence-electron chi connectivity index (χ4n) is 3.30. The van der Waals surface area contributed by atoms with E-state index < -0.39 is 0 Å². The third-order valence-corrected chi connectivity index (χ3v) is 5.53. The van der Waals surface area contributed by atoms with E-state index in [0.717, 1.165) is 52.2 Å². The summed E-state index contributed by atoms with van der Waals surface area (Å²) in [6.45, 7) is 5.63. The predicted molar refractivity (Wildman–Crippen MR) is 92.7 cm³/mol. The van der Waals surface area contributed by atoms with E-state index in [9.17, 15) is 4.79 Å². The number of nitrogens with zero attached hydrogens (tertiary/aromatic N) is 1. The quantitative estimate of drug-likeness (QED) is 0.868. The molecule has 2 amide bonds. The van der Waals surface area contributed by atoms with E-state index in [-0.39, 0.29) is 12.1 Å². The number of carbonyl (C=O) groups is 1. The first-order valence-corrected chi connectivity index (χ1v) is 9.59. The Morgan fingerprint density at radius 1 is 1.26 bits per heavy atom. The first-order valence-electron chi connectivity index (χ1n) is 8.65. The van der Waals surface area contributed by atoms with E-state index in [2.05, 4.69) is 32.4 Å². The van der Waals surface area contributed by atoms with Crippen molar-refractivity contribution in [3.63, 3.8) is 0 Å². The van der Waals surface area contributed by atoms with Gasteiger partial charge in [-0.15, -0.1) is 0 Å². The minimum absolute atomic E-state index is 0.0161. The van der Waals surface area contributed by atoms with Gasteiger partial charge in [0.05, 0.1) is 0 Å². The van der Waals surface area contributed by atoms with E-state index in [4.69, 9.17) is 4.74 Å². The van der Waals surface area contributed by atoms with Gasteiger partial charge in [-0.25, -0.2) is 4.79 Å². The number of hydrogen-bond donors (Lipinski definition) is 2. The number of rotatable bonds is 5. The summed E-state index contributed by atoms with van der Waals surface area (Å²) in [6.07, 6.45) is 4.19. The smallest absolute Gasteiger partial charge is 0.315 e. The Kier molecular flexibility index (Phi) is 6.30. The van der Waals surface area contributed by atoms with Crippen LogP contribution in [0.25, 0.3) is 0 Å². The number of ether oxygens (including phenoxy) is 1. The second-order valence-electron chi connectivity index (χ2n) is 6.59. The molecule has 0 spiro atoms. The van der Waals surface area contributed by atoms with E-state index in [0.29, 0.717) is 5.92 Å². The zero-order valence-corrected chi connectivity index (χ0v) is 14.4. The van der Waals surface area contributed by atoms with Gasteiger partial charge in [0.15, 0.2) is 0 Å². The largest absolute Gasteiger partial charge is 0.381 e. The molecule has 5 nitrogen and oxygen atoms in total. The second kappa shape index (κ2) is 8.66. The SMILES string of the molecule is O=C(NCC1CCN(Cc2ccsc2)CC1)NC1CCOCC1. The van der Waals surface area contributed by atoms with Crippen LogP contribution >= 0.6 is 11.3 Å². The van der Waals surface area contributed by atoms with E-state index in [1.54, 1.807) is 11.3 Å². The molecule has 2 aliphatic heterocycles. The highest BCUT2D eigenvalue weighted by atomic mass is 32.1. The van der Waals surface area contributed by atoms with Gasteiger partial charge >= 0.3 is 6.03 Å². The molecule has 0 aromatic carbocycles. The van der Waals surface area contributed by atoms with Crippen LogP contribution < -0.4 is 10.6 Å². The number of nitrogens with one attached hydrogen (secondary N) is 2. The molecule has 3 heterocycles. The summed E-state index contributed by atoms with van der Waals surface area (Å²) in [5, 5.41) is 10.5. The molecule has 0 atom stereocenters. The number of urea groups is 1. The van der Waals surface area contributed by atoms with Gasteiger partial charge in [-0.3, -0.25) is 4.90 Å². The van der Waals surface area contributed by atoms with Crippen LogP contribution in [0.1, 0.15) is 31.2 Å². The first-order chi connectivity index (χ1) is 11.3. The topological polar surface area (TPSA) is 53.6 Å². The summed E-state index contributed by atoms with van der Waals surface area (Å²) in [5.74, 6) is 0.606. The standard InChI is InChI=1S/C17H27N3O2S/c21-17(19-16-3-8-22-9-4-16)18-11-14-1-6-20(7-2-14)12-15-5-10-23-13-15/h5,10,13-14,16H,1-4,6-9,11-12H2,(H2,18,19,21). The summed E-state index contributed by atoms with van der Waals surface area (Å²) in [4.78, 5) is 14.5. The van der Waals surface area contributed by atoms with Crippen molar-refractivity contribution < 1.29 is 9.53 Å². The molecule has 0 bridgehead atoms. The Hall–Kier alpha value is -1.11. The van der Waals surface area contributed by atoms with Crippen molar-refractivity contribution in [3.05, 3.63) is 22.4 Å². The van der Waals surface area contributed by atoms with Crippen LogP contribution in [-0.2, 0) is 11.3 Å². The molecule has 3 rings (SSSR count). The lowest BCUT2D eigenvalue weighted by Crippen LogP contribution is -2.46. The molecule has 2 saturated heterocycles. The molecule has 0 saturated carbocycles. The van der Waals surface area contributed by atoms with Crippen molar-refractivity contribution in [2.75, 3.05) is 32.8 Å². The molecule has 0 aliphatic carbocycles. The van der Waals surface area contributed by atoms with Crippen LogP contribution in [0.3, 0.4) is 0 Å². The summed E-state index contributed by atoms with van der Waals surface area (Å²) in [6, 6.07) is 2.47. The number of thiophene rings is 1. The van der Waals surface area contributed by atoms with E-state index in [1.165, 1.54) is 18.4 Å².